The van der Waals surface area contributed by atoms with Gasteiger partial charge < -0.3 is 4.90 Å². The van der Waals surface area contributed by atoms with Crippen molar-refractivity contribution in [2.24, 2.45) is 0 Å². The summed E-state index contributed by atoms with van der Waals surface area (Å²) in [5.74, 6) is 0. The Kier molecular flexibility index (Phi) is 7.55. The number of nitrogens with zero attached hydrogens (tertiary/aromatic N) is 1. The highest BCUT2D eigenvalue weighted by molar-refractivity contribution is 6.18. The highest BCUT2D eigenvalue weighted by atomic mass is 15.2. The van der Waals surface area contributed by atoms with Gasteiger partial charge in [-0.3, -0.25) is 0 Å². The molecule has 0 heterocycles. The lowest BCUT2D eigenvalue weighted by molar-refractivity contribution is 1.32. The van der Waals surface area contributed by atoms with Crippen LogP contribution in [-0.4, -0.2) is 0 Å². The minimum absolute atomic E-state index is 1.12. The van der Waals surface area contributed by atoms with E-state index in [0.29, 0.717) is 0 Å². The number of benzene rings is 10. The first-order valence-electron chi connectivity index (χ1n) is 18.3. The van der Waals surface area contributed by atoms with Crippen molar-refractivity contribution in [1.82, 2.24) is 0 Å². The standard InChI is InChI=1S/C52H35N/c1-3-16-36(17-4-1)40-31-32-49(48(35-40)38-18-5-2-6-19-38)53(52-45-27-13-9-22-41(45)34-42-23-10-14-28-46(42)52)50-33-30-39-21-8-12-26-44(39)51(50)47-29-15-24-37-20-7-11-25-43(37)47/h1-35H. The molecule has 0 saturated carbocycles. The van der Waals surface area contributed by atoms with Crippen LogP contribution in [-0.2, 0) is 0 Å². The Bertz CT molecular complexity index is 2880. The van der Waals surface area contributed by atoms with E-state index in [1.54, 1.807) is 0 Å². The average molecular weight is 674 g/mol. The second kappa shape index (κ2) is 13.0. The first-order chi connectivity index (χ1) is 26.3. The third kappa shape index (κ3) is 5.34. The van der Waals surface area contributed by atoms with Crippen molar-refractivity contribution in [3.63, 3.8) is 0 Å². The minimum atomic E-state index is 1.12. The van der Waals surface area contributed by atoms with Crippen LogP contribution in [0.3, 0.4) is 0 Å². The van der Waals surface area contributed by atoms with Gasteiger partial charge in [0.15, 0.2) is 0 Å². The number of rotatable bonds is 6. The summed E-state index contributed by atoms with van der Waals surface area (Å²) in [5, 5.41) is 9.72. The molecule has 0 N–H and O–H groups in total. The van der Waals surface area contributed by atoms with Crippen LogP contribution >= 0.6 is 0 Å². The van der Waals surface area contributed by atoms with E-state index in [4.69, 9.17) is 0 Å². The summed E-state index contributed by atoms with van der Waals surface area (Å²) in [6.45, 7) is 0. The molecule has 0 spiro atoms. The van der Waals surface area contributed by atoms with Crippen LogP contribution < -0.4 is 4.90 Å². The molecule has 0 aliphatic rings. The number of fused-ring (bicyclic) bond motifs is 4. The molecule has 248 valence electrons. The fraction of sp³-hybridized carbons (Fsp3) is 0. The Labute approximate surface area is 309 Å². The van der Waals surface area contributed by atoms with Crippen molar-refractivity contribution < 1.29 is 0 Å². The number of hydrogen-bond acceptors (Lipinski definition) is 1. The Morgan fingerprint density at radius 2 is 0.774 bits per heavy atom. The van der Waals surface area contributed by atoms with Gasteiger partial charge in [-0.25, -0.2) is 0 Å². The van der Waals surface area contributed by atoms with Gasteiger partial charge in [0, 0.05) is 21.9 Å². The van der Waals surface area contributed by atoms with Gasteiger partial charge in [-0.1, -0.05) is 188 Å². The van der Waals surface area contributed by atoms with Gasteiger partial charge in [-0.2, -0.15) is 0 Å². The van der Waals surface area contributed by atoms with Crippen molar-refractivity contribution in [2.75, 3.05) is 4.90 Å². The average Bonchev–Trinajstić information content (AvgIpc) is 3.24. The Hall–Kier alpha value is -6.96. The first kappa shape index (κ1) is 30.8. The van der Waals surface area contributed by atoms with Crippen LogP contribution in [0, 0.1) is 0 Å². The van der Waals surface area contributed by atoms with E-state index in [9.17, 15) is 0 Å². The summed E-state index contributed by atoms with van der Waals surface area (Å²) in [6.07, 6.45) is 0. The largest absolute Gasteiger partial charge is 0.308 e. The van der Waals surface area contributed by atoms with Gasteiger partial charge in [0.25, 0.3) is 0 Å². The fourth-order valence-corrected chi connectivity index (χ4v) is 8.16. The molecule has 0 aromatic heterocycles. The zero-order valence-electron chi connectivity index (χ0n) is 29.2. The number of hydrogen-bond donors (Lipinski definition) is 0. The molecule has 10 rings (SSSR count). The van der Waals surface area contributed by atoms with Gasteiger partial charge in [0.2, 0.25) is 0 Å². The van der Waals surface area contributed by atoms with E-state index in [-0.39, 0.29) is 0 Å². The molecule has 0 bridgehead atoms. The highest BCUT2D eigenvalue weighted by Crippen LogP contribution is 2.52. The van der Waals surface area contributed by atoms with Crippen molar-refractivity contribution in [3.8, 4) is 33.4 Å². The maximum absolute atomic E-state index is 2.56. The van der Waals surface area contributed by atoms with Gasteiger partial charge in [0.1, 0.15) is 0 Å². The normalized spacial score (nSPS) is 11.4. The lowest BCUT2D eigenvalue weighted by Gasteiger charge is -2.33. The summed E-state index contributed by atoms with van der Waals surface area (Å²) in [5.41, 5.74) is 10.6. The smallest absolute Gasteiger partial charge is 0.0618 e. The van der Waals surface area contributed by atoms with Crippen molar-refractivity contribution in [3.05, 3.63) is 212 Å². The lowest BCUT2D eigenvalue weighted by Crippen LogP contribution is -2.14. The van der Waals surface area contributed by atoms with E-state index in [1.807, 2.05) is 0 Å². The molecule has 0 radical (unpaired) electrons. The Morgan fingerprint density at radius 1 is 0.264 bits per heavy atom. The number of anilines is 3. The van der Waals surface area contributed by atoms with E-state index in [2.05, 4.69) is 217 Å². The van der Waals surface area contributed by atoms with Crippen molar-refractivity contribution in [1.29, 1.82) is 0 Å². The summed E-state index contributed by atoms with van der Waals surface area (Å²) in [6, 6.07) is 77.5. The highest BCUT2D eigenvalue weighted by Gasteiger charge is 2.26. The summed E-state index contributed by atoms with van der Waals surface area (Å²) in [4.78, 5) is 2.56. The molecule has 0 saturated heterocycles. The van der Waals surface area contributed by atoms with Crippen molar-refractivity contribution in [2.45, 2.75) is 0 Å². The predicted molar refractivity (Wildman–Crippen MR) is 227 cm³/mol. The lowest BCUT2D eigenvalue weighted by atomic mass is 9.90. The molecule has 10 aromatic carbocycles. The SMILES string of the molecule is c1ccc(-c2ccc(N(c3ccc4ccccc4c3-c3cccc4ccccc34)c3c4ccccc4cc4ccccc34)c(-c3ccccc3)c2)cc1. The van der Waals surface area contributed by atoms with Gasteiger partial charge in [-0.15, -0.1) is 0 Å². The molecule has 10 aromatic rings. The fourth-order valence-electron chi connectivity index (χ4n) is 8.16. The van der Waals surface area contributed by atoms with Gasteiger partial charge in [-0.05, 0) is 78.8 Å². The van der Waals surface area contributed by atoms with Crippen LogP contribution in [0.4, 0.5) is 17.1 Å². The van der Waals surface area contributed by atoms with Crippen LogP contribution in [0.5, 0.6) is 0 Å². The van der Waals surface area contributed by atoms with E-state index >= 15 is 0 Å². The molecule has 53 heavy (non-hydrogen) atoms. The third-order valence-electron chi connectivity index (χ3n) is 10.6. The van der Waals surface area contributed by atoms with Gasteiger partial charge in [0.05, 0.1) is 17.1 Å². The second-order valence-electron chi connectivity index (χ2n) is 13.7. The molecular weight excluding hydrogens is 639 g/mol. The van der Waals surface area contributed by atoms with Crippen molar-refractivity contribution >= 4 is 60.2 Å². The topological polar surface area (TPSA) is 3.24 Å². The Balaban J connectivity index is 1.39. The van der Waals surface area contributed by atoms with E-state index in [1.165, 1.54) is 82.2 Å². The monoisotopic (exact) mass is 673 g/mol. The maximum Gasteiger partial charge on any atom is 0.0618 e. The molecule has 1 nitrogen and oxygen atoms in total. The second-order valence-corrected chi connectivity index (χ2v) is 13.7. The van der Waals surface area contributed by atoms with Crippen LogP contribution in [0.15, 0.2) is 212 Å². The molecule has 0 amide bonds. The molecular formula is C52H35N. The molecule has 0 aliphatic carbocycles. The summed E-state index contributed by atoms with van der Waals surface area (Å²) >= 11 is 0. The molecule has 0 aliphatic heterocycles. The maximum atomic E-state index is 2.56. The Morgan fingerprint density at radius 3 is 1.45 bits per heavy atom. The zero-order valence-corrected chi connectivity index (χ0v) is 29.2. The first-order valence-corrected chi connectivity index (χ1v) is 18.3. The van der Waals surface area contributed by atoms with E-state index in [0.717, 1.165) is 11.4 Å². The predicted octanol–water partition coefficient (Wildman–Crippen LogP) is 14.8. The summed E-state index contributed by atoms with van der Waals surface area (Å²) < 4.78 is 0. The molecule has 1 heteroatoms. The molecule has 0 atom stereocenters. The molecule has 0 fully saturated rings. The van der Waals surface area contributed by atoms with Crippen LogP contribution in [0.1, 0.15) is 0 Å². The third-order valence-corrected chi connectivity index (χ3v) is 10.6. The van der Waals surface area contributed by atoms with E-state index < -0.39 is 0 Å². The van der Waals surface area contributed by atoms with Crippen LogP contribution in [0.2, 0.25) is 0 Å². The molecule has 0 unspecified atom stereocenters. The zero-order chi connectivity index (χ0) is 35.1. The quantitative estimate of drug-likeness (QED) is 0.159. The van der Waals surface area contributed by atoms with Crippen LogP contribution in [0.25, 0.3) is 76.5 Å². The minimum Gasteiger partial charge on any atom is -0.308 e. The van der Waals surface area contributed by atoms with Gasteiger partial charge >= 0.3 is 0 Å². The summed E-state index contributed by atoms with van der Waals surface area (Å²) in [7, 11) is 0.